The number of nitrogens with zero attached hydrogens (tertiary/aromatic N) is 7. The fourth-order valence-corrected chi connectivity index (χ4v) is 6.97. The average Bonchev–Trinajstić information content (AvgIpc) is 3.79. The topological polar surface area (TPSA) is 206 Å². The molecule has 3 N–H and O–H groups in total. The number of hydrogen-bond donors (Lipinski definition) is 3. The van der Waals surface area contributed by atoms with Crippen LogP contribution in [0.15, 0.2) is 89.8 Å². The molecule has 2 aliphatic rings. The van der Waals surface area contributed by atoms with E-state index in [1.165, 1.54) is 6.07 Å². The van der Waals surface area contributed by atoms with E-state index in [0.29, 0.717) is 45.2 Å². The third kappa shape index (κ3) is 4.04. The van der Waals surface area contributed by atoms with E-state index < -0.39 is 25.6 Å². The van der Waals surface area contributed by atoms with Crippen LogP contribution in [-0.2, 0) is 10.1 Å². The van der Waals surface area contributed by atoms with Gasteiger partial charge in [-0.2, -0.15) is 8.42 Å². The van der Waals surface area contributed by atoms with Crippen molar-refractivity contribution in [1.82, 2.24) is 39.9 Å². The summed E-state index contributed by atoms with van der Waals surface area (Å²) in [4.78, 5) is 45.2. The Bertz CT molecular complexity index is 2820. The van der Waals surface area contributed by atoms with Gasteiger partial charge in [-0.15, -0.1) is 0 Å². The Morgan fingerprint density at radius 1 is 0.553 bits per heavy atom. The van der Waals surface area contributed by atoms with Gasteiger partial charge >= 0.3 is 10.1 Å². The van der Waals surface area contributed by atoms with Crippen LogP contribution in [0.3, 0.4) is 0 Å². The average molecular weight is 640 g/mol. The number of nitrogens with one attached hydrogen (secondary N) is 2. The highest BCUT2D eigenvalue weighted by Crippen LogP contribution is 2.39. The summed E-state index contributed by atoms with van der Waals surface area (Å²) in [6.45, 7) is 0. The third-order valence-electron chi connectivity index (χ3n) is 8.11. The van der Waals surface area contributed by atoms with E-state index in [1.807, 2.05) is 60.7 Å². The van der Waals surface area contributed by atoms with Crippen LogP contribution in [0.2, 0.25) is 0 Å². The Labute approximate surface area is 262 Å². The molecule has 2 aliphatic heterocycles. The molecule has 14 nitrogen and oxygen atoms in total. The molecule has 3 aromatic heterocycles. The van der Waals surface area contributed by atoms with Gasteiger partial charge in [-0.1, -0.05) is 72.8 Å². The van der Waals surface area contributed by atoms with Crippen LogP contribution in [0.4, 0.5) is 5.69 Å². The van der Waals surface area contributed by atoms with Gasteiger partial charge in [0.1, 0.15) is 22.6 Å². The summed E-state index contributed by atoms with van der Waals surface area (Å²) >= 11 is 0. The van der Waals surface area contributed by atoms with E-state index in [-0.39, 0.29) is 33.7 Å². The molecule has 15 heteroatoms. The number of nitro groups is 1. The number of fused-ring (bicyclic) bond motifs is 20. The van der Waals surface area contributed by atoms with Gasteiger partial charge in [0, 0.05) is 44.5 Å². The smallest absolute Gasteiger partial charge is 0.302 e. The highest BCUT2D eigenvalue weighted by Gasteiger charge is 2.31. The van der Waals surface area contributed by atoms with Gasteiger partial charge in [0.25, 0.3) is 5.69 Å². The molecule has 0 aliphatic carbocycles. The van der Waals surface area contributed by atoms with Crippen molar-refractivity contribution in [2.45, 2.75) is 4.90 Å². The van der Waals surface area contributed by atoms with Crippen molar-refractivity contribution >= 4 is 59.9 Å². The molecule has 0 spiro atoms. The second kappa shape index (κ2) is 9.53. The van der Waals surface area contributed by atoms with Crippen LogP contribution >= 0.6 is 0 Å². The first-order valence-corrected chi connectivity index (χ1v) is 15.6. The molecule has 0 atom stereocenters. The minimum absolute atomic E-state index is 0.105. The van der Waals surface area contributed by atoms with Crippen LogP contribution in [-0.4, -0.2) is 57.8 Å². The maximum Gasteiger partial charge on any atom is 0.302 e. The largest absolute Gasteiger partial charge is 0.324 e. The summed E-state index contributed by atoms with van der Waals surface area (Å²) in [6.07, 6.45) is 0. The van der Waals surface area contributed by atoms with Crippen molar-refractivity contribution in [3.05, 3.63) is 95.0 Å². The van der Waals surface area contributed by atoms with Crippen LogP contribution < -0.4 is 0 Å². The lowest BCUT2D eigenvalue weighted by Crippen LogP contribution is -2.04. The summed E-state index contributed by atoms with van der Waals surface area (Å²) in [5.41, 5.74) is 2.79. The van der Waals surface area contributed by atoms with E-state index in [0.717, 1.165) is 16.8 Å². The van der Waals surface area contributed by atoms with Crippen LogP contribution in [0.25, 0.3) is 89.7 Å². The van der Waals surface area contributed by atoms with E-state index in [4.69, 9.17) is 29.9 Å². The predicted octanol–water partition coefficient (Wildman–Crippen LogP) is 6.02. The zero-order chi connectivity index (χ0) is 32.0. The first-order chi connectivity index (χ1) is 22.7. The van der Waals surface area contributed by atoms with E-state index in [9.17, 15) is 23.1 Å². The zero-order valence-electron chi connectivity index (χ0n) is 23.7. The highest BCUT2D eigenvalue weighted by molar-refractivity contribution is 7.86. The molecule has 47 heavy (non-hydrogen) atoms. The Hall–Kier alpha value is -6.45. The van der Waals surface area contributed by atoms with E-state index >= 15 is 0 Å². The number of aromatic amines is 2. The Kier molecular flexibility index (Phi) is 5.45. The van der Waals surface area contributed by atoms with Crippen molar-refractivity contribution in [1.29, 1.82) is 0 Å². The lowest BCUT2D eigenvalue weighted by atomic mass is 10.1. The van der Waals surface area contributed by atoms with E-state index in [2.05, 4.69) is 9.97 Å². The lowest BCUT2D eigenvalue weighted by Gasteiger charge is -2.02. The molecular formula is C32H17N9O5S. The lowest BCUT2D eigenvalue weighted by molar-refractivity contribution is -0.387. The molecular weight excluding hydrogens is 622 g/mol. The van der Waals surface area contributed by atoms with Crippen LogP contribution in [0, 0.1) is 10.1 Å². The SMILES string of the molecule is O=[N+]([O-])c1ccc2c3nc4nc(nc5[nH]c(nc6nc(nc([nH]3)c2c1S(=O)(=O)O)-c1ccccc1-6)c1ccccc51)-c1ccccc1-4. The summed E-state index contributed by atoms with van der Waals surface area (Å²) in [5, 5.41) is 13.5. The Morgan fingerprint density at radius 3 is 1.40 bits per heavy atom. The molecule has 7 aromatic rings. The summed E-state index contributed by atoms with van der Waals surface area (Å²) in [6, 6.07) is 24.6. The van der Waals surface area contributed by atoms with Gasteiger partial charge in [0.2, 0.25) is 0 Å². The van der Waals surface area contributed by atoms with Crippen molar-refractivity contribution in [2.75, 3.05) is 0 Å². The molecule has 0 saturated heterocycles. The first-order valence-electron chi connectivity index (χ1n) is 14.1. The van der Waals surface area contributed by atoms with Crippen molar-refractivity contribution < 1.29 is 17.9 Å². The fourth-order valence-electron chi connectivity index (χ4n) is 6.09. The van der Waals surface area contributed by atoms with Gasteiger partial charge in [0.15, 0.2) is 28.2 Å². The van der Waals surface area contributed by atoms with Gasteiger partial charge in [-0.3, -0.25) is 14.7 Å². The first kappa shape index (κ1) is 26.9. The monoisotopic (exact) mass is 639 g/mol. The van der Waals surface area contributed by atoms with Gasteiger partial charge in [-0.25, -0.2) is 29.9 Å². The van der Waals surface area contributed by atoms with E-state index in [1.54, 1.807) is 12.1 Å². The van der Waals surface area contributed by atoms with Crippen LogP contribution in [0.5, 0.6) is 0 Å². The molecule has 0 fully saturated rings. The van der Waals surface area contributed by atoms with Gasteiger partial charge in [-0.05, 0) is 6.07 Å². The summed E-state index contributed by atoms with van der Waals surface area (Å²) < 4.78 is 35.8. The molecule has 0 radical (unpaired) electrons. The number of rotatable bonds is 2. The number of H-pyrrole nitrogens is 2. The van der Waals surface area contributed by atoms with Crippen LogP contribution in [0.1, 0.15) is 0 Å². The molecule has 4 aromatic carbocycles. The molecule has 0 saturated carbocycles. The standard InChI is InChI=1S/C32H17N9O5S/c42-41(43)22-14-13-21-23(24(22)47(44,45)46)32-39-30-20-12-6-5-11-19(20)28(37-30)35-26-16-8-2-1-7-15(16)25(33-26)34-27-17-9-3-4-10-18(17)29(36-27)38-31(21)40-32/h1-14H,(H,44,45,46)(H2,33,34,35,36,37,38,39,40). The van der Waals surface area contributed by atoms with Crippen molar-refractivity contribution in [3.8, 4) is 45.6 Å². The third-order valence-corrected chi connectivity index (χ3v) is 9.04. The zero-order valence-corrected chi connectivity index (χ0v) is 24.5. The summed E-state index contributed by atoms with van der Waals surface area (Å²) in [5.74, 6) is 1.12. The molecule has 226 valence electrons. The molecule has 5 heterocycles. The predicted molar refractivity (Wildman–Crippen MR) is 173 cm³/mol. The molecule has 8 bridgehead atoms. The second-order valence-corrected chi connectivity index (χ2v) is 12.2. The second-order valence-electron chi connectivity index (χ2n) is 10.8. The Morgan fingerprint density at radius 2 is 0.957 bits per heavy atom. The number of benzene rings is 4. The highest BCUT2D eigenvalue weighted by atomic mass is 32.2. The van der Waals surface area contributed by atoms with Crippen molar-refractivity contribution in [3.63, 3.8) is 0 Å². The quantitative estimate of drug-likeness (QED) is 0.113. The normalized spacial score (nSPS) is 12.3. The maximum atomic E-state index is 12.7. The minimum atomic E-state index is -5.13. The maximum absolute atomic E-state index is 12.7. The number of hydrogen-bond acceptors (Lipinski definition) is 10. The number of nitro benzene ring substituents is 1. The van der Waals surface area contributed by atoms with Crippen molar-refractivity contribution in [2.24, 2.45) is 0 Å². The molecule has 0 amide bonds. The van der Waals surface area contributed by atoms with Gasteiger partial charge in [0.05, 0.1) is 10.3 Å². The Balaban J connectivity index is 1.54. The number of aromatic nitrogens is 8. The summed E-state index contributed by atoms with van der Waals surface area (Å²) in [7, 11) is -5.13. The molecule has 9 rings (SSSR count). The fraction of sp³-hybridized carbons (Fsp3) is 0. The van der Waals surface area contributed by atoms with Gasteiger partial charge < -0.3 is 9.97 Å². The minimum Gasteiger partial charge on any atom is -0.324 e. The molecule has 0 unspecified atom stereocenters.